The van der Waals surface area contributed by atoms with Crippen LogP contribution in [-0.4, -0.2) is 30.4 Å². The lowest BCUT2D eigenvalue weighted by Crippen LogP contribution is -2.19. The number of carbonyl (C=O) groups is 1. The lowest BCUT2D eigenvalue weighted by Gasteiger charge is -2.12. The van der Waals surface area contributed by atoms with Crippen molar-refractivity contribution in [3.05, 3.63) is 52.6 Å². The van der Waals surface area contributed by atoms with E-state index in [0.29, 0.717) is 33.8 Å². The second-order valence-corrected chi connectivity index (χ2v) is 7.85. The topological polar surface area (TPSA) is 99.6 Å². The van der Waals surface area contributed by atoms with Gasteiger partial charge in [0, 0.05) is 28.9 Å². The molecule has 0 radical (unpaired) electrons. The van der Waals surface area contributed by atoms with Gasteiger partial charge in [0.15, 0.2) is 16.6 Å². The van der Waals surface area contributed by atoms with E-state index in [1.54, 1.807) is 19.3 Å². The Labute approximate surface area is 166 Å². The molecule has 4 aromatic heterocycles. The molecule has 0 bridgehead atoms. The summed E-state index contributed by atoms with van der Waals surface area (Å²) in [5.41, 5.74) is 9.44. The monoisotopic (exact) mass is 392 g/mol. The van der Waals surface area contributed by atoms with E-state index in [-0.39, 0.29) is 0 Å². The average Bonchev–Trinajstić information content (AvgIpc) is 3.24. The van der Waals surface area contributed by atoms with Crippen LogP contribution in [0.3, 0.4) is 0 Å². The molecule has 0 aliphatic carbocycles. The third-order valence-electron chi connectivity index (χ3n) is 4.62. The molecule has 4 aromatic rings. The summed E-state index contributed by atoms with van der Waals surface area (Å²) < 4.78 is 1.89. The van der Waals surface area contributed by atoms with E-state index in [0.717, 1.165) is 22.2 Å². The molecular formula is C20H20N6OS. The van der Waals surface area contributed by atoms with E-state index in [1.165, 1.54) is 11.3 Å². The molecule has 0 atom stereocenters. The van der Waals surface area contributed by atoms with Crippen molar-refractivity contribution in [2.45, 2.75) is 33.6 Å². The third-order valence-corrected chi connectivity index (χ3v) is 5.57. The van der Waals surface area contributed by atoms with Crippen LogP contribution in [0.2, 0.25) is 0 Å². The van der Waals surface area contributed by atoms with Gasteiger partial charge in [0.2, 0.25) is 0 Å². The van der Waals surface area contributed by atoms with Gasteiger partial charge in [0.05, 0.1) is 17.4 Å². The zero-order valence-electron chi connectivity index (χ0n) is 16.1. The first kappa shape index (κ1) is 18.2. The number of amides is 1. The maximum Gasteiger partial charge on any atom is 0.254 e. The highest BCUT2D eigenvalue weighted by atomic mass is 32.1. The van der Waals surface area contributed by atoms with Crippen molar-refractivity contribution in [3.63, 3.8) is 0 Å². The summed E-state index contributed by atoms with van der Waals surface area (Å²) in [6.45, 7) is 7.95. The first-order valence-corrected chi connectivity index (χ1v) is 9.81. The molecule has 0 aromatic carbocycles. The number of fused-ring (bicyclic) bond motifs is 1. The van der Waals surface area contributed by atoms with Crippen LogP contribution in [0, 0.1) is 13.8 Å². The minimum absolute atomic E-state index is 0.298. The highest BCUT2D eigenvalue weighted by Gasteiger charge is 2.22. The second-order valence-electron chi connectivity index (χ2n) is 6.99. The van der Waals surface area contributed by atoms with Crippen LogP contribution >= 0.6 is 11.3 Å². The Morgan fingerprint density at radius 2 is 2.00 bits per heavy atom. The molecule has 28 heavy (non-hydrogen) atoms. The molecular weight excluding hydrogens is 372 g/mol. The van der Waals surface area contributed by atoms with E-state index in [2.05, 4.69) is 28.8 Å². The Kier molecular flexibility index (Phi) is 4.43. The first-order valence-electron chi connectivity index (χ1n) is 8.93. The number of hydrogen-bond acceptors (Lipinski definition) is 6. The highest BCUT2D eigenvalue weighted by molar-refractivity contribution is 7.13. The number of primary amides is 1. The Hall–Kier alpha value is -3.13. The number of rotatable bonds is 4. The standard InChI is InChI=1S/C20H20N6OS/c1-10(2)14-8-26(15-7-22-6-5-13(14)15)19-16(17(21)27)12(4)24-18(25-19)20-23-11(3)9-28-20/h5-10H,1-4H3,(H2,21,27). The minimum Gasteiger partial charge on any atom is -0.365 e. The second kappa shape index (κ2) is 6.79. The molecule has 4 heterocycles. The lowest BCUT2D eigenvalue weighted by atomic mass is 10.0. The van der Waals surface area contributed by atoms with Crippen LogP contribution in [0.1, 0.15) is 47.1 Å². The average molecular weight is 392 g/mol. The highest BCUT2D eigenvalue weighted by Crippen LogP contribution is 2.31. The quantitative estimate of drug-likeness (QED) is 0.570. The van der Waals surface area contributed by atoms with Gasteiger partial charge in [0.25, 0.3) is 5.91 Å². The van der Waals surface area contributed by atoms with Gasteiger partial charge in [-0.2, -0.15) is 0 Å². The molecule has 0 aliphatic heterocycles. The Morgan fingerprint density at radius 3 is 2.64 bits per heavy atom. The predicted octanol–water partition coefficient (Wildman–Crippen LogP) is 3.78. The van der Waals surface area contributed by atoms with Crippen molar-refractivity contribution in [3.8, 4) is 16.6 Å². The molecule has 0 unspecified atom stereocenters. The third kappa shape index (κ3) is 2.95. The minimum atomic E-state index is -0.564. The fraction of sp³-hybridized carbons (Fsp3) is 0.250. The van der Waals surface area contributed by atoms with Crippen LogP contribution in [0.25, 0.3) is 27.6 Å². The predicted molar refractivity (Wildman–Crippen MR) is 110 cm³/mol. The summed E-state index contributed by atoms with van der Waals surface area (Å²) >= 11 is 1.47. The zero-order chi connectivity index (χ0) is 20.0. The number of carbonyl (C=O) groups excluding carboxylic acids is 1. The van der Waals surface area contributed by atoms with Gasteiger partial charge in [0.1, 0.15) is 5.56 Å². The van der Waals surface area contributed by atoms with Crippen molar-refractivity contribution in [1.82, 2.24) is 24.5 Å². The van der Waals surface area contributed by atoms with Gasteiger partial charge in [-0.1, -0.05) is 13.8 Å². The summed E-state index contributed by atoms with van der Waals surface area (Å²) in [6.07, 6.45) is 5.54. The number of nitrogens with two attached hydrogens (primary N) is 1. The van der Waals surface area contributed by atoms with Gasteiger partial charge in [-0.3, -0.25) is 14.3 Å². The van der Waals surface area contributed by atoms with Crippen molar-refractivity contribution in [2.24, 2.45) is 5.73 Å². The molecule has 0 aliphatic rings. The van der Waals surface area contributed by atoms with Gasteiger partial charge in [-0.25, -0.2) is 15.0 Å². The Bertz CT molecular complexity index is 1210. The van der Waals surface area contributed by atoms with Gasteiger partial charge < -0.3 is 5.73 Å². The molecule has 0 spiro atoms. The summed E-state index contributed by atoms with van der Waals surface area (Å²) in [6, 6.07) is 1.98. The van der Waals surface area contributed by atoms with E-state index < -0.39 is 5.91 Å². The normalized spacial score (nSPS) is 11.5. The number of hydrogen-bond donors (Lipinski definition) is 1. The van der Waals surface area contributed by atoms with E-state index in [1.807, 2.05) is 29.1 Å². The van der Waals surface area contributed by atoms with Gasteiger partial charge in [-0.15, -0.1) is 11.3 Å². The van der Waals surface area contributed by atoms with E-state index in [9.17, 15) is 4.79 Å². The largest absolute Gasteiger partial charge is 0.365 e. The summed E-state index contributed by atoms with van der Waals surface area (Å²) in [4.78, 5) is 30.2. The number of aromatic nitrogens is 5. The molecule has 1 amide bonds. The number of nitrogens with zero attached hydrogens (tertiary/aromatic N) is 5. The van der Waals surface area contributed by atoms with Crippen molar-refractivity contribution in [2.75, 3.05) is 0 Å². The Balaban J connectivity index is 2.05. The van der Waals surface area contributed by atoms with E-state index >= 15 is 0 Å². The summed E-state index contributed by atoms with van der Waals surface area (Å²) in [5, 5.41) is 3.72. The molecule has 2 N–H and O–H groups in total. The summed E-state index contributed by atoms with van der Waals surface area (Å²) in [7, 11) is 0. The molecule has 8 heteroatoms. The fourth-order valence-electron chi connectivity index (χ4n) is 3.31. The van der Waals surface area contributed by atoms with Crippen LogP contribution in [-0.2, 0) is 0 Å². The SMILES string of the molecule is Cc1csc(-c2nc(C)c(C(N)=O)c(-n3cc(C(C)C)c4ccncc43)n2)n1. The van der Waals surface area contributed by atoms with Crippen LogP contribution in [0.4, 0.5) is 0 Å². The first-order chi connectivity index (χ1) is 13.4. The molecule has 0 saturated heterocycles. The number of thiazole rings is 1. The van der Waals surface area contributed by atoms with Crippen molar-refractivity contribution >= 4 is 28.1 Å². The van der Waals surface area contributed by atoms with Gasteiger partial charge in [-0.05, 0) is 31.4 Å². The number of aryl methyl sites for hydroxylation is 2. The smallest absolute Gasteiger partial charge is 0.254 e. The lowest BCUT2D eigenvalue weighted by molar-refractivity contribution is 0.0999. The molecule has 7 nitrogen and oxygen atoms in total. The van der Waals surface area contributed by atoms with Crippen LogP contribution in [0.15, 0.2) is 30.0 Å². The molecule has 4 rings (SSSR count). The fourth-order valence-corrected chi connectivity index (χ4v) is 4.04. The maximum atomic E-state index is 12.2. The Morgan fingerprint density at radius 1 is 1.21 bits per heavy atom. The van der Waals surface area contributed by atoms with Crippen LogP contribution < -0.4 is 5.73 Å². The summed E-state index contributed by atoms with van der Waals surface area (Å²) in [5.74, 6) is 0.665. The van der Waals surface area contributed by atoms with Crippen molar-refractivity contribution < 1.29 is 4.79 Å². The van der Waals surface area contributed by atoms with Crippen molar-refractivity contribution in [1.29, 1.82) is 0 Å². The molecule has 142 valence electrons. The van der Waals surface area contributed by atoms with Gasteiger partial charge >= 0.3 is 0 Å². The van der Waals surface area contributed by atoms with Crippen LogP contribution in [0.5, 0.6) is 0 Å². The maximum absolute atomic E-state index is 12.2. The molecule has 0 fully saturated rings. The number of pyridine rings is 1. The zero-order valence-corrected chi connectivity index (χ0v) is 16.9. The van der Waals surface area contributed by atoms with E-state index in [4.69, 9.17) is 10.7 Å². The molecule has 0 saturated carbocycles.